The molecule has 0 aliphatic heterocycles. The quantitative estimate of drug-likeness (QED) is 0.768. The first-order valence-electron chi connectivity index (χ1n) is 7.40. The van der Waals surface area contributed by atoms with Crippen LogP contribution in [-0.2, 0) is 18.3 Å². The molecule has 0 saturated carbocycles. The van der Waals surface area contributed by atoms with Gasteiger partial charge in [-0.3, -0.25) is 9.48 Å². The van der Waals surface area contributed by atoms with E-state index in [-0.39, 0.29) is 12.3 Å². The normalized spacial score (nSPS) is 10.8. The summed E-state index contributed by atoms with van der Waals surface area (Å²) in [4.78, 5) is 16.3. The summed E-state index contributed by atoms with van der Waals surface area (Å²) >= 11 is 5.85. The van der Waals surface area contributed by atoms with Gasteiger partial charge in [0, 0.05) is 36.5 Å². The van der Waals surface area contributed by atoms with Crippen LogP contribution in [0.15, 0.2) is 34.9 Å². The van der Waals surface area contributed by atoms with Crippen molar-refractivity contribution in [2.75, 3.05) is 5.32 Å². The van der Waals surface area contributed by atoms with Crippen molar-refractivity contribution in [1.82, 2.24) is 19.9 Å². The largest absolute Gasteiger partial charge is 0.339 e. The number of nitrogens with one attached hydrogen (secondary N) is 1. The van der Waals surface area contributed by atoms with Gasteiger partial charge in [0.25, 0.3) is 0 Å². The fraction of sp³-hybridized carbons (Fsp3) is 0.250. The molecule has 1 aromatic carbocycles. The zero-order valence-electron chi connectivity index (χ0n) is 13.3. The van der Waals surface area contributed by atoms with Gasteiger partial charge >= 0.3 is 0 Å². The van der Waals surface area contributed by atoms with Crippen molar-refractivity contribution in [2.45, 2.75) is 19.8 Å². The third-order valence-corrected chi connectivity index (χ3v) is 3.66. The highest BCUT2D eigenvalue weighted by Crippen LogP contribution is 2.19. The minimum atomic E-state index is -0.135. The Morgan fingerprint density at radius 3 is 2.75 bits per heavy atom. The van der Waals surface area contributed by atoms with Gasteiger partial charge in [0.2, 0.25) is 17.6 Å². The Labute approximate surface area is 143 Å². The molecule has 124 valence electrons. The Kier molecular flexibility index (Phi) is 4.61. The molecule has 0 atom stereocenters. The van der Waals surface area contributed by atoms with Crippen LogP contribution in [0.25, 0.3) is 11.4 Å². The number of carbonyl (C=O) groups excluding carboxylic acids is 1. The van der Waals surface area contributed by atoms with Gasteiger partial charge in [-0.1, -0.05) is 16.8 Å². The van der Waals surface area contributed by atoms with Gasteiger partial charge in [0.1, 0.15) is 5.82 Å². The van der Waals surface area contributed by atoms with Crippen molar-refractivity contribution in [2.24, 2.45) is 7.05 Å². The molecular weight excluding hydrogens is 330 g/mol. The smallest absolute Gasteiger partial charge is 0.227 e. The molecule has 1 N–H and O–H groups in total. The molecular formula is C16H16ClN5O2. The van der Waals surface area contributed by atoms with Gasteiger partial charge in [0.15, 0.2) is 0 Å². The predicted octanol–water partition coefficient (Wildman–Crippen LogP) is 3.00. The molecule has 0 unspecified atom stereocenters. The van der Waals surface area contributed by atoms with Crippen molar-refractivity contribution in [3.63, 3.8) is 0 Å². The third kappa shape index (κ3) is 3.80. The lowest BCUT2D eigenvalue weighted by Gasteiger charge is -2.03. The molecule has 0 fully saturated rings. The molecule has 24 heavy (non-hydrogen) atoms. The number of hydrogen-bond donors (Lipinski definition) is 1. The Morgan fingerprint density at radius 2 is 2.08 bits per heavy atom. The van der Waals surface area contributed by atoms with E-state index in [1.807, 2.05) is 25.1 Å². The third-order valence-electron chi connectivity index (χ3n) is 3.41. The first kappa shape index (κ1) is 16.2. The molecule has 8 heteroatoms. The Bertz CT molecular complexity index is 854. The van der Waals surface area contributed by atoms with E-state index in [4.69, 9.17) is 16.1 Å². The van der Waals surface area contributed by atoms with Crippen molar-refractivity contribution in [1.29, 1.82) is 0 Å². The van der Waals surface area contributed by atoms with Crippen LogP contribution < -0.4 is 5.32 Å². The number of nitrogens with zero attached hydrogens (tertiary/aromatic N) is 4. The number of benzene rings is 1. The second-order valence-corrected chi connectivity index (χ2v) is 5.80. The molecule has 0 aliphatic rings. The van der Waals surface area contributed by atoms with Crippen LogP contribution >= 0.6 is 11.6 Å². The van der Waals surface area contributed by atoms with E-state index in [9.17, 15) is 4.79 Å². The zero-order chi connectivity index (χ0) is 17.1. The molecule has 7 nitrogen and oxygen atoms in total. The Balaban J connectivity index is 1.58. The topological polar surface area (TPSA) is 85.8 Å². The SMILES string of the molecule is Cc1cc(NC(=O)CCc2nc(-c3ccc(Cl)cc3)no2)n(C)n1. The maximum atomic E-state index is 12.0. The van der Waals surface area contributed by atoms with Crippen LogP contribution in [0.3, 0.4) is 0 Å². The van der Waals surface area contributed by atoms with Gasteiger partial charge in [-0.2, -0.15) is 10.1 Å². The minimum Gasteiger partial charge on any atom is -0.339 e. The van der Waals surface area contributed by atoms with Crippen molar-refractivity contribution in [3.8, 4) is 11.4 Å². The van der Waals surface area contributed by atoms with Gasteiger partial charge in [-0.05, 0) is 31.2 Å². The monoisotopic (exact) mass is 345 g/mol. The zero-order valence-corrected chi connectivity index (χ0v) is 14.0. The van der Waals surface area contributed by atoms with Crippen molar-refractivity contribution < 1.29 is 9.32 Å². The lowest BCUT2D eigenvalue weighted by molar-refractivity contribution is -0.116. The van der Waals surface area contributed by atoms with E-state index in [0.29, 0.717) is 29.0 Å². The summed E-state index contributed by atoms with van der Waals surface area (Å²) in [5.74, 6) is 1.41. The number of hydrogen-bond acceptors (Lipinski definition) is 5. The van der Waals surface area contributed by atoms with Crippen LogP contribution in [-0.4, -0.2) is 25.8 Å². The maximum absolute atomic E-state index is 12.0. The number of aryl methyl sites for hydroxylation is 3. The summed E-state index contributed by atoms with van der Waals surface area (Å²) in [6, 6.07) is 8.96. The fourth-order valence-corrected chi connectivity index (χ4v) is 2.35. The van der Waals surface area contributed by atoms with Gasteiger partial charge in [-0.25, -0.2) is 0 Å². The predicted molar refractivity (Wildman–Crippen MR) is 89.6 cm³/mol. The van der Waals surface area contributed by atoms with Crippen LogP contribution in [0.4, 0.5) is 5.82 Å². The highest BCUT2D eigenvalue weighted by molar-refractivity contribution is 6.30. The lowest BCUT2D eigenvalue weighted by Crippen LogP contribution is -2.14. The highest BCUT2D eigenvalue weighted by atomic mass is 35.5. The maximum Gasteiger partial charge on any atom is 0.227 e. The number of rotatable bonds is 5. The number of aromatic nitrogens is 4. The standard InChI is InChI=1S/C16H16ClN5O2/c1-10-9-13(22(2)20-10)18-14(23)7-8-15-19-16(21-24-15)11-3-5-12(17)6-4-11/h3-6,9H,7-8H2,1-2H3,(H,18,23). The molecule has 3 aromatic rings. The summed E-state index contributed by atoms with van der Waals surface area (Å²) in [5, 5.41) is 11.5. The van der Waals surface area contributed by atoms with Crippen molar-refractivity contribution in [3.05, 3.63) is 46.9 Å². The van der Waals surface area contributed by atoms with E-state index in [0.717, 1.165) is 11.3 Å². The average Bonchev–Trinajstić information content (AvgIpc) is 3.13. The summed E-state index contributed by atoms with van der Waals surface area (Å²) in [5.41, 5.74) is 1.65. The number of amides is 1. The van der Waals surface area contributed by atoms with Crippen molar-refractivity contribution >= 4 is 23.3 Å². The first-order chi connectivity index (χ1) is 11.5. The van der Waals surface area contributed by atoms with E-state index in [1.165, 1.54) is 0 Å². The second-order valence-electron chi connectivity index (χ2n) is 5.36. The van der Waals surface area contributed by atoms with Gasteiger partial charge in [0.05, 0.1) is 5.69 Å². The Morgan fingerprint density at radius 1 is 1.33 bits per heavy atom. The minimum absolute atomic E-state index is 0.135. The van der Waals surface area contributed by atoms with E-state index in [1.54, 1.807) is 23.9 Å². The van der Waals surface area contributed by atoms with E-state index < -0.39 is 0 Å². The number of halogens is 1. The molecule has 2 aromatic heterocycles. The molecule has 0 spiro atoms. The average molecular weight is 346 g/mol. The number of anilines is 1. The van der Waals surface area contributed by atoms with E-state index >= 15 is 0 Å². The van der Waals surface area contributed by atoms with E-state index in [2.05, 4.69) is 20.6 Å². The summed E-state index contributed by atoms with van der Waals surface area (Å²) in [6.07, 6.45) is 0.607. The number of carbonyl (C=O) groups is 1. The van der Waals surface area contributed by atoms with Gasteiger partial charge in [-0.15, -0.1) is 0 Å². The molecule has 3 rings (SSSR count). The fourth-order valence-electron chi connectivity index (χ4n) is 2.23. The molecule has 0 radical (unpaired) electrons. The molecule has 0 aliphatic carbocycles. The van der Waals surface area contributed by atoms with Gasteiger partial charge < -0.3 is 9.84 Å². The van der Waals surface area contributed by atoms with Crippen LogP contribution in [0, 0.1) is 6.92 Å². The molecule has 1 amide bonds. The summed E-state index contributed by atoms with van der Waals surface area (Å²) in [7, 11) is 1.78. The van der Waals surface area contributed by atoms with Crippen LogP contribution in [0.1, 0.15) is 18.0 Å². The molecule has 0 bridgehead atoms. The summed E-state index contributed by atoms with van der Waals surface area (Å²) < 4.78 is 6.81. The molecule has 0 saturated heterocycles. The lowest BCUT2D eigenvalue weighted by atomic mass is 10.2. The molecule has 2 heterocycles. The van der Waals surface area contributed by atoms with Crippen LogP contribution in [0.2, 0.25) is 5.02 Å². The summed E-state index contributed by atoms with van der Waals surface area (Å²) in [6.45, 7) is 1.87. The highest BCUT2D eigenvalue weighted by Gasteiger charge is 2.12. The Hall–Kier alpha value is -2.67. The van der Waals surface area contributed by atoms with Crippen LogP contribution in [0.5, 0.6) is 0 Å². The second kappa shape index (κ2) is 6.84. The first-order valence-corrected chi connectivity index (χ1v) is 7.78.